The third-order valence-corrected chi connectivity index (χ3v) is 3.79. The van der Waals surface area contributed by atoms with Gasteiger partial charge in [0.2, 0.25) is 0 Å². The monoisotopic (exact) mass is 375 g/mol. The van der Waals surface area contributed by atoms with Gasteiger partial charge in [-0.2, -0.15) is 0 Å². The minimum Gasteiger partial charge on any atom is -0.347 e. The van der Waals surface area contributed by atoms with Gasteiger partial charge in [0.05, 0.1) is 0 Å². The van der Waals surface area contributed by atoms with Crippen molar-refractivity contribution in [2.45, 2.75) is 20.3 Å². The molecular weight excluding hydrogens is 358 g/mol. The van der Waals surface area contributed by atoms with Gasteiger partial charge in [-0.05, 0) is 49.2 Å². The molecule has 0 aliphatic rings. The number of aromatic nitrogens is 1. The number of nitrogens with zero attached hydrogens (tertiary/aromatic N) is 1. The Kier molecular flexibility index (Phi) is 5.87. The topological polar surface area (TPSA) is 71.1 Å². The van der Waals surface area contributed by atoms with E-state index in [1.807, 2.05) is 44.2 Å². The minimum absolute atomic E-state index is 0.363. The Labute approximate surface area is 143 Å². The number of amides is 2. The summed E-state index contributed by atoms with van der Waals surface area (Å²) in [5.41, 5.74) is 3.32. The summed E-state index contributed by atoms with van der Waals surface area (Å²) in [6.07, 6.45) is 2.28. The first-order valence-corrected chi connectivity index (χ1v) is 8.02. The molecule has 0 spiro atoms. The van der Waals surface area contributed by atoms with Gasteiger partial charge in [0.1, 0.15) is 0 Å². The average molecular weight is 376 g/mol. The largest absolute Gasteiger partial charge is 0.347 e. The zero-order valence-corrected chi connectivity index (χ0v) is 14.6. The van der Waals surface area contributed by atoms with Crippen LogP contribution >= 0.6 is 15.9 Å². The SMILES string of the molecule is Cc1cc(Br)cc(C)c1NC(=O)C(=O)NCCc1ccccn1. The lowest BCUT2D eigenvalue weighted by Crippen LogP contribution is -2.36. The number of benzene rings is 1. The molecule has 0 aliphatic heterocycles. The number of hydrogen-bond acceptors (Lipinski definition) is 3. The predicted octanol–water partition coefficient (Wildman–Crippen LogP) is 2.76. The third-order valence-electron chi connectivity index (χ3n) is 3.34. The second-order valence-corrected chi connectivity index (χ2v) is 6.11. The second-order valence-electron chi connectivity index (χ2n) is 5.20. The highest BCUT2D eigenvalue weighted by molar-refractivity contribution is 9.10. The maximum Gasteiger partial charge on any atom is 0.313 e. The molecule has 0 bridgehead atoms. The van der Waals surface area contributed by atoms with Crippen LogP contribution in [0.5, 0.6) is 0 Å². The number of aryl methyl sites for hydroxylation is 2. The van der Waals surface area contributed by atoms with Gasteiger partial charge in [0.25, 0.3) is 0 Å². The lowest BCUT2D eigenvalue weighted by atomic mass is 10.1. The average Bonchev–Trinajstić information content (AvgIpc) is 2.51. The van der Waals surface area contributed by atoms with Crippen LogP contribution in [-0.4, -0.2) is 23.3 Å². The Balaban J connectivity index is 1.89. The number of carbonyl (C=O) groups excluding carboxylic acids is 2. The van der Waals surface area contributed by atoms with Crippen LogP contribution < -0.4 is 10.6 Å². The van der Waals surface area contributed by atoms with Crippen LogP contribution in [0.3, 0.4) is 0 Å². The molecule has 5 nitrogen and oxygen atoms in total. The number of rotatable bonds is 4. The van der Waals surface area contributed by atoms with Crippen LogP contribution in [0.2, 0.25) is 0 Å². The van der Waals surface area contributed by atoms with Crippen molar-refractivity contribution in [3.05, 3.63) is 57.8 Å². The van der Waals surface area contributed by atoms with Gasteiger partial charge < -0.3 is 10.6 Å². The summed E-state index contributed by atoms with van der Waals surface area (Å²) in [6, 6.07) is 9.37. The van der Waals surface area contributed by atoms with E-state index in [0.717, 1.165) is 21.3 Å². The molecule has 0 unspecified atom stereocenters. The number of pyridine rings is 1. The van der Waals surface area contributed by atoms with Crippen molar-refractivity contribution in [2.24, 2.45) is 0 Å². The minimum atomic E-state index is -0.667. The number of hydrogen-bond donors (Lipinski definition) is 2. The molecule has 2 rings (SSSR count). The Bertz CT molecular complexity index is 694. The van der Waals surface area contributed by atoms with Gasteiger partial charge in [-0.3, -0.25) is 14.6 Å². The van der Waals surface area contributed by atoms with Gasteiger partial charge in [0.15, 0.2) is 0 Å². The third kappa shape index (κ3) is 4.89. The van der Waals surface area contributed by atoms with Crippen LogP contribution in [0.4, 0.5) is 5.69 Å². The van der Waals surface area contributed by atoms with Gasteiger partial charge in [0, 0.05) is 35.0 Å². The summed E-state index contributed by atoms with van der Waals surface area (Å²) in [4.78, 5) is 28.0. The van der Waals surface area contributed by atoms with Gasteiger partial charge >= 0.3 is 11.8 Å². The lowest BCUT2D eigenvalue weighted by molar-refractivity contribution is -0.136. The van der Waals surface area contributed by atoms with E-state index >= 15 is 0 Å². The highest BCUT2D eigenvalue weighted by Crippen LogP contribution is 2.24. The lowest BCUT2D eigenvalue weighted by Gasteiger charge is -2.12. The molecule has 2 N–H and O–H groups in total. The zero-order valence-electron chi connectivity index (χ0n) is 13.0. The first kappa shape index (κ1) is 17.1. The maximum atomic E-state index is 12.0. The van der Waals surface area contributed by atoms with Crippen molar-refractivity contribution in [1.29, 1.82) is 0 Å². The molecule has 1 heterocycles. The maximum absolute atomic E-state index is 12.0. The van der Waals surface area contributed by atoms with Crippen LogP contribution in [0.25, 0.3) is 0 Å². The Morgan fingerprint density at radius 1 is 1.13 bits per heavy atom. The zero-order chi connectivity index (χ0) is 16.8. The molecule has 2 aromatic rings. The van der Waals surface area contributed by atoms with E-state index in [4.69, 9.17) is 0 Å². The highest BCUT2D eigenvalue weighted by atomic mass is 79.9. The van der Waals surface area contributed by atoms with Crippen molar-refractivity contribution in [3.8, 4) is 0 Å². The molecule has 0 atom stereocenters. The molecule has 2 amide bonds. The molecule has 0 radical (unpaired) electrons. The van der Waals surface area contributed by atoms with Gasteiger partial charge in [-0.25, -0.2) is 0 Å². The quantitative estimate of drug-likeness (QED) is 0.807. The highest BCUT2D eigenvalue weighted by Gasteiger charge is 2.15. The van der Waals surface area contributed by atoms with E-state index in [0.29, 0.717) is 18.7 Å². The molecular formula is C17H18BrN3O2. The van der Waals surface area contributed by atoms with Crippen molar-refractivity contribution < 1.29 is 9.59 Å². The van der Waals surface area contributed by atoms with E-state index in [1.165, 1.54) is 0 Å². The van der Waals surface area contributed by atoms with E-state index < -0.39 is 11.8 Å². The van der Waals surface area contributed by atoms with Crippen molar-refractivity contribution in [3.63, 3.8) is 0 Å². The molecule has 1 aromatic heterocycles. The molecule has 6 heteroatoms. The molecule has 0 fully saturated rings. The molecule has 0 aliphatic carbocycles. The summed E-state index contributed by atoms with van der Waals surface area (Å²) in [5.74, 6) is -1.32. The van der Waals surface area contributed by atoms with E-state index in [9.17, 15) is 9.59 Å². The number of nitrogens with one attached hydrogen (secondary N) is 2. The fourth-order valence-electron chi connectivity index (χ4n) is 2.21. The predicted molar refractivity (Wildman–Crippen MR) is 93.2 cm³/mol. The number of halogens is 1. The first-order chi connectivity index (χ1) is 11.0. The molecule has 23 heavy (non-hydrogen) atoms. The van der Waals surface area contributed by atoms with Crippen molar-refractivity contribution in [1.82, 2.24) is 10.3 Å². The first-order valence-electron chi connectivity index (χ1n) is 7.23. The Morgan fingerprint density at radius 3 is 2.43 bits per heavy atom. The molecule has 0 saturated carbocycles. The summed E-state index contributed by atoms with van der Waals surface area (Å²) in [5, 5.41) is 5.27. The molecule has 0 saturated heterocycles. The summed E-state index contributed by atoms with van der Waals surface area (Å²) < 4.78 is 0.935. The fraction of sp³-hybridized carbons (Fsp3) is 0.235. The van der Waals surface area contributed by atoms with Crippen LogP contribution in [0.15, 0.2) is 41.0 Å². The fourth-order valence-corrected chi connectivity index (χ4v) is 2.90. The van der Waals surface area contributed by atoms with Crippen molar-refractivity contribution >= 4 is 33.4 Å². The molecule has 1 aromatic carbocycles. The summed E-state index contributed by atoms with van der Waals surface area (Å²) >= 11 is 3.40. The van der Waals surface area contributed by atoms with Crippen LogP contribution in [-0.2, 0) is 16.0 Å². The Hall–Kier alpha value is -2.21. The number of carbonyl (C=O) groups is 2. The van der Waals surface area contributed by atoms with E-state index in [1.54, 1.807) is 6.20 Å². The summed E-state index contributed by atoms with van der Waals surface area (Å²) in [7, 11) is 0. The van der Waals surface area contributed by atoms with Crippen LogP contribution in [0.1, 0.15) is 16.8 Å². The standard InChI is InChI=1S/C17H18BrN3O2/c1-11-9-13(18)10-12(2)15(11)21-17(23)16(22)20-8-6-14-5-3-4-7-19-14/h3-5,7,9-10H,6,8H2,1-2H3,(H,20,22)(H,21,23). The van der Waals surface area contributed by atoms with Crippen LogP contribution in [0, 0.1) is 13.8 Å². The van der Waals surface area contributed by atoms with Gasteiger partial charge in [-0.15, -0.1) is 0 Å². The van der Waals surface area contributed by atoms with Crippen molar-refractivity contribution in [2.75, 3.05) is 11.9 Å². The second kappa shape index (κ2) is 7.87. The smallest absolute Gasteiger partial charge is 0.313 e. The number of anilines is 1. The van der Waals surface area contributed by atoms with Gasteiger partial charge in [-0.1, -0.05) is 22.0 Å². The van der Waals surface area contributed by atoms with E-state index in [-0.39, 0.29) is 0 Å². The normalized spacial score (nSPS) is 10.2. The van der Waals surface area contributed by atoms with E-state index in [2.05, 4.69) is 31.5 Å². The summed E-state index contributed by atoms with van der Waals surface area (Å²) in [6.45, 7) is 4.13. The molecule has 120 valence electrons. The Morgan fingerprint density at radius 2 is 1.83 bits per heavy atom.